The van der Waals surface area contributed by atoms with Crippen LogP contribution in [0.25, 0.3) is 21.1 Å². The van der Waals surface area contributed by atoms with E-state index in [0.717, 1.165) is 39.7 Å². The van der Waals surface area contributed by atoms with Crippen molar-refractivity contribution in [3.05, 3.63) is 107 Å². The van der Waals surface area contributed by atoms with Crippen LogP contribution in [0.2, 0.25) is 0 Å². The summed E-state index contributed by atoms with van der Waals surface area (Å²) in [5.41, 5.74) is 6.58. The summed E-state index contributed by atoms with van der Waals surface area (Å²) in [6.45, 7) is 1.15. The van der Waals surface area contributed by atoms with E-state index in [-0.39, 0.29) is 5.91 Å². The fourth-order valence-electron chi connectivity index (χ4n) is 3.93. The van der Waals surface area contributed by atoms with Gasteiger partial charge in [-0.2, -0.15) is 0 Å². The normalized spacial score (nSPS) is 11.1. The molecule has 158 valence electrons. The Morgan fingerprint density at radius 3 is 2.62 bits per heavy atom. The van der Waals surface area contributed by atoms with E-state index in [1.165, 1.54) is 5.56 Å². The Morgan fingerprint density at radius 1 is 0.875 bits per heavy atom. The van der Waals surface area contributed by atoms with E-state index >= 15 is 0 Å². The van der Waals surface area contributed by atoms with E-state index in [0.29, 0.717) is 18.7 Å². The van der Waals surface area contributed by atoms with Crippen molar-refractivity contribution in [2.24, 2.45) is 0 Å². The first-order valence-electron chi connectivity index (χ1n) is 10.8. The molecule has 0 saturated carbocycles. The smallest absolute Gasteiger partial charge is 0.254 e. The second-order valence-electron chi connectivity index (χ2n) is 7.85. The Morgan fingerprint density at radius 2 is 1.72 bits per heavy atom. The van der Waals surface area contributed by atoms with Crippen molar-refractivity contribution in [2.45, 2.75) is 19.4 Å². The molecule has 0 N–H and O–H groups in total. The lowest BCUT2D eigenvalue weighted by Gasteiger charge is -2.23. The van der Waals surface area contributed by atoms with Crippen LogP contribution in [-0.4, -0.2) is 27.3 Å². The van der Waals surface area contributed by atoms with Gasteiger partial charge in [0.05, 0.1) is 33.5 Å². The molecular formula is C27H23N3OS. The SMILES string of the molecule is O=C(c1ccc2ncsc2c1)N(CCCc1ccccc1)Cc1ccc2ccccc2n1. The third-order valence-corrected chi connectivity index (χ3v) is 6.40. The molecule has 5 rings (SSSR count). The number of aryl methyl sites for hydroxylation is 1. The third-order valence-electron chi connectivity index (χ3n) is 5.61. The molecule has 0 bridgehead atoms. The van der Waals surface area contributed by atoms with Crippen molar-refractivity contribution in [2.75, 3.05) is 6.54 Å². The molecule has 0 aliphatic rings. The molecule has 0 unspecified atom stereocenters. The summed E-state index contributed by atoms with van der Waals surface area (Å²) in [5.74, 6) is 0.0309. The largest absolute Gasteiger partial charge is 0.333 e. The number of fused-ring (bicyclic) bond motifs is 2. The molecule has 5 heteroatoms. The maximum absolute atomic E-state index is 13.5. The number of benzene rings is 3. The lowest BCUT2D eigenvalue weighted by molar-refractivity contribution is 0.0739. The van der Waals surface area contributed by atoms with Gasteiger partial charge in [-0.3, -0.25) is 9.78 Å². The van der Waals surface area contributed by atoms with Gasteiger partial charge >= 0.3 is 0 Å². The average molecular weight is 438 g/mol. The van der Waals surface area contributed by atoms with Crippen LogP contribution >= 0.6 is 11.3 Å². The highest BCUT2D eigenvalue weighted by atomic mass is 32.1. The van der Waals surface area contributed by atoms with Gasteiger partial charge < -0.3 is 4.90 Å². The zero-order chi connectivity index (χ0) is 21.8. The van der Waals surface area contributed by atoms with Crippen molar-refractivity contribution in [1.82, 2.24) is 14.9 Å². The van der Waals surface area contributed by atoms with E-state index in [1.807, 2.05) is 58.9 Å². The van der Waals surface area contributed by atoms with Crippen LogP contribution in [0.15, 0.2) is 90.4 Å². The predicted molar refractivity (Wildman–Crippen MR) is 131 cm³/mol. The quantitative estimate of drug-likeness (QED) is 0.308. The van der Waals surface area contributed by atoms with Crippen molar-refractivity contribution >= 4 is 38.4 Å². The highest BCUT2D eigenvalue weighted by Gasteiger charge is 2.18. The van der Waals surface area contributed by atoms with Crippen molar-refractivity contribution in [1.29, 1.82) is 0 Å². The van der Waals surface area contributed by atoms with Gasteiger partial charge in [-0.1, -0.05) is 54.6 Å². The molecule has 2 heterocycles. The standard InChI is InChI=1S/C27H23N3OS/c31-27(22-13-15-25-26(17-22)32-19-28-25)30(16-6-9-20-7-2-1-3-8-20)18-23-14-12-21-10-4-5-11-24(21)29-23/h1-5,7-8,10-15,17,19H,6,9,16,18H2. The molecule has 1 amide bonds. The van der Waals surface area contributed by atoms with Crippen LogP contribution in [0.4, 0.5) is 0 Å². The second-order valence-corrected chi connectivity index (χ2v) is 8.73. The zero-order valence-corrected chi connectivity index (χ0v) is 18.5. The van der Waals surface area contributed by atoms with Crippen LogP contribution in [0.5, 0.6) is 0 Å². The number of amides is 1. The number of thiazole rings is 1. The van der Waals surface area contributed by atoms with E-state index in [4.69, 9.17) is 4.98 Å². The minimum absolute atomic E-state index is 0.0309. The topological polar surface area (TPSA) is 46.1 Å². The van der Waals surface area contributed by atoms with Crippen LogP contribution in [-0.2, 0) is 13.0 Å². The fourth-order valence-corrected chi connectivity index (χ4v) is 4.65. The average Bonchev–Trinajstić information content (AvgIpc) is 3.31. The minimum Gasteiger partial charge on any atom is -0.333 e. The molecule has 0 aliphatic carbocycles. The van der Waals surface area contributed by atoms with Crippen molar-refractivity contribution < 1.29 is 4.79 Å². The number of nitrogens with zero attached hydrogens (tertiary/aromatic N) is 3. The number of carbonyl (C=O) groups excluding carboxylic acids is 1. The Hall–Kier alpha value is -3.57. The minimum atomic E-state index is 0.0309. The van der Waals surface area contributed by atoms with Crippen LogP contribution < -0.4 is 0 Å². The molecule has 0 fully saturated rings. The zero-order valence-electron chi connectivity index (χ0n) is 17.6. The summed E-state index contributed by atoms with van der Waals surface area (Å²) in [6.07, 6.45) is 1.83. The van der Waals surface area contributed by atoms with Crippen LogP contribution in [0.1, 0.15) is 28.0 Å². The van der Waals surface area contributed by atoms with Gasteiger partial charge in [0, 0.05) is 17.5 Å². The molecule has 3 aromatic carbocycles. The molecule has 4 nitrogen and oxygen atoms in total. The number of rotatable bonds is 7. The molecule has 32 heavy (non-hydrogen) atoms. The van der Waals surface area contributed by atoms with E-state index in [1.54, 1.807) is 11.3 Å². The summed E-state index contributed by atoms with van der Waals surface area (Å²) in [7, 11) is 0. The maximum atomic E-state index is 13.5. The van der Waals surface area contributed by atoms with Gasteiger partial charge in [0.15, 0.2) is 0 Å². The highest BCUT2D eigenvalue weighted by Crippen LogP contribution is 2.21. The molecule has 0 spiro atoms. The Bertz CT molecular complexity index is 1360. The van der Waals surface area contributed by atoms with Gasteiger partial charge in [0.2, 0.25) is 0 Å². The predicted octanol–water partition coefficient (Wildman–Crippen LogP) is 6.12. The number of hydrogen-bond donors (Lipinski definition) is 0. The molecule has 0 aliphatic heterocycles. The summed E-state index contributed by atoms with van der Waals surface area (Å²) in [4.78, 5) is 24.5. The summed E-state index contributed by atoms with van der Waals surface area (Å²) < 4.78 is 1.03. The second kappa shape index (κ2) is 9.28. The Kier molecular flexibility index (Phi) is 5.90. The first kappa shape index (κ1) is 20.3. The number of pyridine rings is 1. The van der Waals surface area contributed by atoms with E-state index in [2.05, 4.69) is 41.4 Å². The number of hydrogen-bond acceptors (Lipinski definition) is 4. The number of carbonyl (C=O) groups is 1. The van der Waals surface area contributed by atoms with E-state index < -0.39 is 0 Å². The van der Waals surface area contributed by atoms with Gasteiger partial charge in [0.1, 0.15) is 0 Å². The molecule has 5 aromatic rings. The Labute approximate surface area is 191 Å². The van der Waals surface area contributed by atoms with Crippen molar-refractivity contribution in [3.8, 4) is 0 Å². The first-order valence-corrected chi connectivity index (χ1v) is 11.7. The van der Waals surface area contributed by atoms with Gasteiger partial charge in [-0.05, 0) is 48.7 Å². The summed E-state index contributed by atoms with van der Waals surface area (Å²) in [6, 6.07) is 28.3. The molecule has 0 atom stereocenters. The number of para-hydroxylation sites is 1. The van der Waals surface area contributed by atoms with Crippen LogP contribution in [0, 0.1) is 0 Å². The Balaban J connectivity index is 1.39. The monoisotopic (exact) mass is 437 g/mol. The summed E-state index contributed by atoms with van der Waals surface area (Å²) >= 11 is 1.56. The molecule has 2 aromatic heterocycles. The number of aromatic nitrogens is 2. The lowest BCUT2D eigenvalue weighted by Crippen LogP contribution is -2.32. The molecular weight excluding hydrogens is 414 g/mol. The van der Waals surface area contributed by atoms with E-state index in [9.17, 15) is 4.79 Å². The molecule has 0 saturated heterocycles. The first-order chi connectivity index (χ1) is 15.8. The van der Waals surface area contributed by atoms with Gasteiger partial charge in [-0.15, -0.1) is 11.3 Å². The molecule has 0 radical (unpaired) electrons. The summed E-state index contributed by atoms with van der Waals surface area (Å²) in [5, 5.41) is 1.11. The fraction of sp³-hybridized carbons (Fsp3) is 0.148. The highest BCUT2D eigenvalue weighted by molar-refractivity contribution is 7.16. The van der Waals surface area contributed by atoms with Gasteiger partial charge in [-0.25, -0.2) is 4.98 Å². The lowest BCUT2D eigenvalue weighted by atomic mass is 10.1. The maximum Gasteiger partial charge on any atom is 0.254 e. The van der Waals surface area contributed by atoms with Crippen molar-refractivity contribution in [3.63, 3.8) is 0 Å². The third kappa shape index (κ3) is 4.53. The van der Waals surface area contributed by atoms with Crippen LogP contribution in [0.3, 0.4) is 0 Å². The van der Waals surface area contributed by atoms with Gasteiger partial charge in [0.25, 0.3) is 5.91 Å².